The number of benzene rings is 1. The van der Waals surface area contributed by atoms with E-state index in [9.17, 15) is 29.3 Å². The van der Waals surface area contributed by atoms with E-state index in [0.717, 1.165) is 9.13 Å². The van der Waals surface area contributed by atoms with Crippen molar-refractivity contribution in [3.8, 4) is 5.75 Å². The number of carbonyl (C=O) groups excluding carboxylic acids is 2. The number of aromatic nitrogens is 2. The monoisotopic (exact) mass is 420 g/mol. The van der Waals surface area contributed by atoms with Gasteiger partial charge >= 0.3 is 11.7 Å². The van der Waals surface area contributed by atoms with E-state index >= 15 is 0 Å². The van der Waals surface area contributed by atoms with Gasteiger partial charge in [-0.25, -0.2) is 9.59 Å². The first-order valence-electron chi connectivity index (χ1n) is 8.82. The number of esters is 1. The topological polar surface area (TPSA) is 166 Å². The normalized spacial score (nSPS) is 10.5. The Kier molecular flexibility index (Phi) is 7.07. The first-order valence-corrected chi connectivity index (χ1v) is 8.82. The third-order valence-corrected chi connectivity index (χ3v) is 4.08. The van der Waals surface area contributed by atoms with E-state index < -0.39 is 46.7 Å². The molecule has 0 aliphatic rings. The molecular formula is C18H20N4O8. The van der Waals surface area contributed by atoms with Crippen LogP contribution >= 0.6 is 0 Å². The molecule has 0 unspecified atom stereocenters. The molecule has 0 saturated heterocycles. The largest absolute Gasteiger partial charge is 0.482 e. The molecule has 1 aromatic carbocycles. The second-order valence-electron chi connectivity index (χ2n) is 6.18. The van der Waals surface area contributed by atoms with Crippen molar-refractivity contribution in [1.82, 2.24) is 9.13 Å². The number of rotatable bonds is 9. The fourth-order valence-electron chi connectivity index (χ4n) is 2.55. The van der Waals surface area contributed by atoms with Crippen LogP contribution in [0.15, 0.2) is 33.9 Å². The van der Waals surface area contributed by atoms with Gasteiger partial charge in [-0.3, -0.25) is 28.8 Å². The lowest BCUT2D eigenvalue weighted by atomic mass is 10.2. The van der Waals surface area contributed by atoms with Gasteiger partial charge in [0.05, 0.1) is 4.92 Å². The number of nitrogens with two attached hydrogens (primary N) is 1. The number of hydrogen-bond donors (Lipinski definition) is 1. The number of ether oxygens (including phenoxy) is 2. The lowest BCUT2D eigenvalue weighted by Gasteiger charge is -2.14. The average molecular weight is 420 g/mol. The fourth-order valence-corrected chi connectivity index (χ4v) is 2.55. The number of nitrogen functional groups attached to an aromatic ring is 1. The Balaban J connectivity index is 2.03. The van der Waals surface area contributed by atoms with E-state index in [1.165, 1.54) is 31.3 Å². The number of nitro groups is 1. The molecule has 0 saturated carbocycles. The lowest BCUT2D eigenvalue weighted by Crippen LogP contribution is -2.43. The molecule has 12 heteroatoms. The molecule has 0 radical (unpaired) electrons. The first kappa shape index (κ1) is 22.3. The zero-order valence-electron chi connectivity index (χ0n) is 16.3. The third-order valence-electron chi connectivity index (χ3n) is 4.08. The van der Waals surface area contributed by atoms with Crippen molar-refractivity contribution >= 4 is 23.3 Å². The zero-order valence-corrected chi connectivity index (χ0v) is 16.3. The van der Waals surface area contributed by atoms with Gasteiger partial charge in [0.25, 0.3) is 11.2 Å². The standard InChI is InChI=1S/C18H20N4O8/c1-3-8-21-16(19)15(17(25)20(2)18(21)26)13(23)9-30-14(24)10-29-12-6-4-11(5-7-12)22(27)28/h4-7H,3,8-10,19H2,1-2H3. The highest BCUT2D eigenvalue weighted by Gasteiger charge is 2.22. The minimum absolute atomic E-state index is 0.140. The molecular weight excluding hydrogens is 400 g/mol. The summed E-state index contributed by atoms with van der Waals surface area (Å²) in [6.07, 6.45) is 0.547. The molecule has 0 amide bonds. The minimum atomic E-state index is -0.904. The van der Waals surface area contributed by atoms with Crippen molar-refractivity contribution in [2.75, 3.05) is 18.9 Å². The molecule has 1 aromatic heterocycles. The van der Waals surface area contributed by atoms with E-state index in [-0.39, 0.29) is 23.8 Å². The number of ketones is 1. The Morgan fingerprint density at radius 2 is 1.80 bits per heavy atom. The molecule has 2 N–H and O–H groups in total. The van der Waals surface area contributed by atoms with Crippen LogP contribution in [0, 0.1) is 10.1 Å². The van der Waals surface area contributed by atoms with Crippen LogP contribution in [0.5, 0.6) is 5.75 Å². The Morgan fingerprint density at radius 3 is 2.37 bits per heavy atom. The van der Waals surface area contributed by atoms with Gasteiger partial charge in [0.15, 0.2) is 13.2 Å². The third kappa shape index (κ3) is 4.90. The minimum Gasteiger partial charge on any atom is -0.482 e. The number of nitro benzene ring substituents is 1. The van der Waals surface area contributed by atoms with Crippen LogP contribution in [-0.4, -0.2) is 39.0 Å². The molecule has 30 heavy (non-hydrogen) atoms. The number of Topliss-reactive ketones (excluding diaryl/α,β-unsaturated/α-hetero) is 1. The maximum atomic E-state index is 12.4. The Morgan fingerprint density at radius 1 is 1.17 bits per heavy atom. The molecule has 0 aliphatic heterocycles. The van der Waals surface area contributed by atoms with Crippen LogP contribution in [-0.2, 0) is 23.1 Å². The summed E-state index contributed by atoms with van der Waals surface area (Å²) in [6, 6.07) is 5.01. The van der Waals surface area contributed by atoms with E-state index in [1.807, 2.05) is 0 Å². The highest BCUT2D eigenvalue weighted by Crippen LogP contribution is 2.17. The molecule has 2 aromatic rings. The predicted octanol–water partition coefficient (Wildman–Crippen LogP) is 0.252. The maximum Gasteiger partial charge on any atom is 0.344 e. The lowest BCUT2D eigenvalue weighted by molar-refractivity contribution is -0.384. The van der Waals surface area contributed by atoms with E-state index in [0.29, 0.717) is 6.42 Å². The second-order valence-corrected chi connectivity index (χ2v) is 6.18. The summed E-state index contributed by atoms with van der Waals surface area (Å²) >= 11 is 0. The molecule has 0 fully saturated rings. The molecule has 160 valence electrons. The number of non-ortho nitro benzene ring substituents is 1. The van der Waals surface area contributed by atoms with Crippen molar-refractivity contribution < 1.29 is 24.0 Å². The number of carbonyl (C=O) groups is 2. The van der Waals surface area contributed by atoms with Gasteiger partial charge in [-0.15, -0.1) is 0 Å². The molecule has 12 nitrogen and oxygen atoms in total. The summed E-state index contributed by atoms with van der Waals surface area (Å²) in [6.45, 7) is 0.674. The van der Waals surface area contributed by atoms with Gasteiger partial charge < -0.3 is 15.2 Å². The number of hydrogen-bond acceptors (Lipinski definition) is 9. The van der Waals surface area contributed by atoms with Gasteiger partial charge in [0.2, 0.25) is 5.78 Å². The van der Waals surface area contributed by atoms with Crippen molar-refractivity contribution in [2.45, 2.75) is 19.9 Å². The summed E-state index contributed by atoms with van der Waals surface area (Å²) < 4.78 is 11.8. The van der Waals surface area contributed by atoms with Crippen LogP contribution in [0.25, 0.3) is 0 Å². The smallest absolute Gasteiger partial charge is 0.344 e. The fraction of sp³-hybridized carbons (Fsp3) is 0.333. The summed E-state index contributed by atoms with van der Waals surface area (Å²) in [7, 11) is 1.22. The van der Waals surface area contributed by atoms with Crippen LogP contribution in [0.1, 0.15) is 23.7 Å². The van der Waals surface area contributed by atoms with E-state index in [4.69, 9.17) is 15.2 Å². The van der Waals surface area contributed by atoms with Crippen molar-refractivity contribution in [2.24, 2.45) is 7.05 Å². The Hall–Kier alpha value is -3.96. The first-order chi connectivity index (χ1) is 14.2. The zero-order chi connectivity index (χ0) is 22.4. The molecule has 1 heterocycles. The average Bonchev–Trinajstić information content (AvgIpc) is 2.72. The van der Waals surface area contributed by atoms with E-state index in [1.54, 1.807) is 6.92 Å². The molecule has 0 aliphatic carbocycles. The van der Waals surface area contributed by atoms with Gasteiger partial charge in [0, 0.05) is 25.7 Å². The molecule has 0 bridgehead atoms. The van der Waals surface area contributed by atoms with Crippen LogP contribution in [0.4, 0.5) is 11.5 Å². The van der Waals surface area contributed by atoms with Crippen molar-refractivity contribution in [3.63, 3.8) is 0 Å². The summed E-state index contributed by atoms with van der Waals surface area (Å²) in [5.41, 5.74) is 3.73. The van der Waals surface area contributed by atoms with Crippen LogP contribution in [0.2, 0.25) is 0 Å². The van der Waals surface area contributed by atoms with Crippen molar-refractivity contribution in [3.05, 3.63) is 60.8 Å². The van der Waals surface area contributed by atoms with Gasteiger partial charge in [-0.05, 0) is 18.6 Å². The van der Waals surface area contributed by atoms with E-state index in [2.05, 4.69) is 0 Å². The SMILES string of the molecule is CCCn1c(N)c(C(=O)COC(=O)COc2ccc([N+](=O)[O-])cc2)c(=O)n(C)c1=O. The van der Waals surface area contributed by atoms with Crippen molar-refractivity contribution in [1.29, 1.82) is 0 Å². The highest BCUT2D eigenvalue weighted by molar-refractivity contribution is 6.01. The van der Waals surface area contributed by atoms with Gasteiger partial charge in [-0.2, -0.15) is 0 Å². The summed E-state index contributed by atoms with van der Waals surface area (Å²) in [5, 5.41) is 10.6. The summed E-state index contributed by atoms with van der Waals surface area (Å²) in [4.78, 5) is 58.6. The van der Waals surface area contributed by atoms with Gasteiger partial charge in [-0.1, -0.05) is 6.92 Å². The second kappa shape index (κ2) is 9.49. The Bertz CT molecular complexity index is 1090. The summed E-state index contributed by atoms with van der Waals surface area (Å²) in [5.74, 6) is -1.86. The molecule has 2 rings (SSSR count). The quantitative estimate of drug-likeness (QED) is 0.259. The highest BCUT2D eigenvalue weighted by atomic mass is 16.6. The van der Waals surface area contributed by atoms with Crippen LogP contribution in [0.3, 0.4) is 0 Å². The number of anilines is 1. The molecule has 0 atom stereocenters. The maximum absolute atomic E-state index is 12.4. The predicted molar refractivity (Wildman–Crippen MR) is 105 cm³/mol. The molecule has 0 spiro atoms. The number of nitrogens with zero attached hydrogens (tertiary/aromatic N) is 3. The van der Waals surface area contributed by atoms with Gasteiger partial charge in [0.1, 0.15) is 17.1 Å². The van der Waals surface area contributed by atoms with Crippen LogP contribution < -0.4 is 21.7 Å². The Labute approximate surface area is 169 Å².